The predicted octanol–water partition coefficient (Wildman–Crippen LogP) is 2.89. The Labute approximate surface area is 196 Å². The summed E-state index contributed by atoms with van der Waals surface area (Å²) in [5.74, 6) is -1.51. The van der Waals surface area contributed by atoms with Gasteiger partial charge in [-0.1, -0.05) is 18.2 Å². The molecule has 1 aliphatic heterocycles. The summed E-state index contributed by atoms with van der Waals surface area (Å²) in [6.07, 6.45) is 4.94. The molecule has 2 aromatic rings. The third-order valence-electron chi connectivity index (χ3n) is 5.07. The van der Waals surface area contributed by atoms with Gasteiger partial charge >= 0.3 is 5.97 Å². The number of halogens is 1. The smallest absolute Gasteiger partial charge is 0.331 e. The van der Waals surface area contributed by atoms with Gasteiger partial charge in [0.2, 0.25) is 5.91 Å². The van der Waals surface area contributed by atoms with E-state index in [4.69, 9.17) is 4.74 Å². The van der Waals surface area contributed by atoms with Crippen molar-refractivity contribution in [2.45, 2.75) is 4.90 Å². The molecule has 1 N–H and O–H groups in total. The van der Waals surface area contributed by atoms with Crippen molar-refractivity contribution in [2.75, 3.05) is 50.9 Å². The van der Waals surface area contributed by atoms with E-state index < -0.39 is 11.8 Å². The van der Waals surface area contributed by atoms with E-state index in [1.54, 1.807) is 28.8 Å². The number of nitrogens with one attached hydrogen (secondary N) is 1. The van der Waals surface area contributed by atoms with Crippen molar-refractivity contribution >= 4 is 41.3 Å². The summed E-state index contributed by atoms with van der Waals surface area (Å²) in [7, 11) is 0. The maximum Gasteiger partial charge on any atom is 0.331 e. The lowest BCUT2D eigenvalue weighted by Gasteiger charge is -2.34. The van der Waals surface area contributed by atoms with Crippen molar-refractivity contribution < 1.29 is 23.5 Å². The Bertz CT molecular complexity index is 1010. The zero-order valence-electron chi connectivity index (χ0n) is 18.3. The van der Waals surface area contributed by atoms with Gasteiger partial charge in [-0.05, 0) is 48.2 Å². The largest absolute Gasteiger partial charge is 0.452 e. The minimum atomic E-state index is -0.579. The van der Waals surface area contributed by atoms with E-state index in [2.05, 4.69) is 5.32 Å². The molecule has 1 fully saturated rings. The molecule has 0 aromatic heterocycles. The molecule has 0 bridgehead atoms. The predicted molar refractivity (Wildman–Crippen MR) is 126 cm³/mol. The molecule has 174 valence electrons. The van der Waals surface area contributed by atoms with Crippen LogP contribution in [-0.4, -0.2) is 73.2 Å². The van der Waals surface area contributed by atoms with Gasteiger partial charge in [0, 0.05) is 42.8 Å². The highest BCUT2D eigenvalue weighted by Gasteiger charge is 2.23. The Balaban J connectivity index is 1.36. The highest BCUT2D eigenvalue weighted by atomic mass is 32.2. The number of nitrogens with zero attached hydrogens (tertiary/aromatic N) is 2. The third-order valence-corrected chi connectivity index (χ3v) is 5.81. The van der Waals surface area contributed by atoms with E-state index in [1.165, 1.54) is 24.3 Å². The first-order valence-electron chi connectivity index (χ1n) is 10.5. The molecule has 9 heteroatoms. The van der Waals surface area contributed by atoms with Crippen LogP contribution < -0.4 is 5.32 Å². The van der Waals surface area contributed by atoms with Gasteiger partial charge in [-0.3, -0.25) is 14.5 Å². The molecule has 1 saturated heterocycles. The van der Waals surface area contributed by atoms with Crippen LogP contribution in [0.25, 0.3) is 6.08 Å². The summed E-state index contributed by atoms with van der Waals surface area (Å²) in [4.78, 5) is 41.1. The summed E-state index contributed by atoms with van der Waals surface area (Å²) >= 11 is 1.64. The van der Waals surface area contributed by atoms with Crippen LogP contribution >= 0.6 is 11.8 Å². The van der Waals surface area contributed by atoms with Crippen molar-refractivity contribution in [1.82, 2.24) is 9.80 Å². The highest BCUT2D eigenvalue weighted by Crippen LogP contribution is 2.15. The first-order chi connectivity index (χ1) is 15.9. The van der Waals surface area contributed by atoms with Crippen LogP contribution in [0.5, 0.6) is 0 Å². The molecule has 1 aliphatic rings. The Kier molecular flexibility index (Phi) is 9.03. The van der Waals surface area contributed by atoms with Crippen molar-refractivity contribution in [1.29, 1.82) is 0 Å². The monoisotopic (exact) mass is 471 g/mol. The maximum atomic E-state index is 13.2. The fourth-order valence-corrected chi connectivity index (χ4v) is 3.69. The molecular weight excluding hydrogens is 445 g/mol. The van der Waals surface area contributed by atoms with Crippen LogP contribution in [0.3, 0.4) is 0 Å². The lowest BCUT2D eigenvalue weighted by atomic mass is 10.2. The number of hydrogen-bond donors (Lipinski definition) is 1. The second kappa shape index (κ2) is 12.2. The van der Waals surface area contributed by atoms with Crippen LogP contribution in [0.1, 0.15) is 5.56 Å². The van der Waals surface area contributed by atoms with E-state index >= 15 is 0 Å². The number of piperazine rings is 1. The standard InChI is InChI=1S/C24H26FN3O4S/c1-33-21-8-5-18(6-9-21)7-10-24(31)32-17-23(30)28-13-11-27(12-14-28)16-22(29)26-20-4-2-3-19(25)15-20/h2-10,15H,11-14,16-17H2,1H3,(H,26,29)/b10-7+. The topological polar surface area (TPSA) is 79.0 Å². The van der Waals surface area contributed by atoms with Gasteiger partial charge in [0.05, 0.1) is 6.54 Å². The summed E-state index contributed by atoms with van der Waals surface area (Å²) in [6.45, 7) is 1.72. The summed E-state index contributed by atoms with van der Waals surface area (Å²) < 4.78 is 18.3. The lowest BCUT2D eigenvalue weighted by Crippen LogP contribution is -2.51. The molecule has 0 unspecified atom stereocenters. The van der Waals surface area contributed by atoms with Crippen molar-refractivity contribution in [2.24, 2.45) is 0 Å². The van der Waals surface area contributed by atoms with E-state index in [1.807, 2.05) is 35.4 Å². The molecule has 0 atom stereocenters. The van der Waals surface area contributed by atoms with E-state index in [9.17, 15) is 18.8 Å². The van der Waals surface area contributed by atoms with Gasteiger partial charge < -0.3 is 15.0 Å². The Morgan fingerprint density at radius 1 is 1.09 bits per heavy atom. The molecule has 1 heterocycles. The summed E-state index contributed by atoms with van der Waals surface area (Å²) in [6, 6.07) is 13.4. The van der Waals surface area contributed by atoms with Gasteiger partial charge in [0.1, 0.15) is 5.82 Å². The van der Waals surface area contributed by atoms with E-state index in [-0.39, 0.29) is 25.0 Å². The molecule has 2 amide bonds. The number of esters is 1. The maximum absolute atomic E-state index is 13.2. The Morgan fingerprint density at radius 3 is 2.48 bits per heavy atom. The fraction of sp³-hybridized carbons (Fsp3) is 0.292. The first-order valence-corrected chi connectivity index (χ1v) is 11.7. The number of anilines is 1. The summed E-state index contributed by atoms with van der Waals surface area (Å²) in [5, 5.41) is 2.66. The average Bonchev–Trinajstić information content (AvgIpc) is 2.82. The molecule has 33 heavy (non-hydrogen) atoms. The van der Waals surface area contributed by atoms with E-state index in [0.29, 0.717) is 31.9 Å². The Morgan fingerprint density at radius 2 is 1.82 bits per heavy atom. The van der Waals surface area contributed by atoms with Gasteiger partial charge in [-0.2, -0.15) is 0 Å². The second-order valence-electron chi connectivity index (χ2n) is 7.43. The van der Waals surface area contributed by atoms with Crippen LogP contribution in [0, 0.1) is 5.82 Å². The van der Waals surface area contributed by atoms with E-state index in [0.717, 1.165) is 10.5 Å². The van der Waals surface area contributed by atoms with Crippen LogP contribution in [0.15, 0.2) is 59.5 Å². The molecule has 0 saturated carbocycles. The number of ether oxygens (including phenoxy) is 1. The van der Waals surface area contributed by atoms with Gasteiger partial charge in [0.15, 0.2) is 6.61 Å². The number of carbonyl (C=O) groups excluding carboxylic acids is 3. The van der Waals surface area contributed by atoms with Crippen molar-refractivity contribution in [3.63, 3.8) is 0 Å². The number of rotatable bonds is 8. The third kappa shape index (κ3) is 8.03. The molecule has 0 aliphatic carbocycles. The van der Waals surface area contributed by atoms with Gasteiger partial charge in [-0.25, -0.2) is 9.18 Å². The minimum absolute atomic E-state index is 0.149. The quantitative estimate of drug-likeness (QED) is 0.362. The second-order valence-corrected chi connectivity index (χ2v) is 8.31. The number of amides is 2. The van der Waals surface area contributed by atoms with Crippen molar-refractivity contribution in [3.8, 4) is 0 Å². The van der Waals surface area contributed by atoms with Gasteiger partial charge in [-0.15, -0.1) is 11.8 Å². The normalized spacial score (nSPS) is 14.3. The number of thioether (sulfide) groups is 1. The number of carbonyl (C=O) groups is 3. The SMILES string of the molecule is CSc1ccc(/C=C/C(=O)OCC(=O)N2CCN(CC(=O)Nc3cccc(F)c3)CC2)cc1. The molecule has 7 nitrogen and oxygen atoms in total. The molecule has 3 rings (SSSR count). The number of benzene rings is 2. The fourth-order valence-electron chi connectivity index (χ4n) is 3.28. The number of hydrogen-bond acceptors (Lipinski definition) is 6. The zero-order chi connectivity index (χ0) is 23.6. The minimum Gasteiger partial charge on any atom is -0.452 e. The zero-order valence-corrected chi connectivity index (χ0v) is 19.1. The molecule has 0 radical (unpaired) electrons. The van der Waals surface area contributed by atoms with Gasteiger partial charge in [0.25, 0.3) is 5.91 Å². The van der Waals surface area contributed by atoms with Crippen LogP contribution in [0.4, 0.5) is 10.1 Å². The summed E-state index contributed by atoms with van der Waals surface area (Å²) in [5.41, 5.74) is 1.27. The average molecular weight is 472 g/mol. The molecular formula is C24H26FN3O4S. The highest BCUT2D eigenvalue weighted by molar-refractivity contribution is 7.98. The van der Waals surface area contributed by atoms with Crippen LogP contribution in [0.2, 0.25) is 0 Å². The lowest BCUT2D eigenvalue weighted by molar-refractivity contribution is -0.149. The first kappa shape index (κ1) is 24.5. The Hall–Kier alpha value is -3.17. The van der Waals surface area contributed by atoms with Crippen LogP contribution in [-0.2, 0) is 19.1 Å². The van der Waals surface area contributed by atoms with Crippen molar-refractivity contribution in [3.05, 3.63) is 66.0 Å². The molecule has 0 spiro atoms. The molecule has 2 aromatic carbocycles.